The van der Waals surface area contributed by atoms with Gasteiger partial charge in [0.15, 0.2) is 0 Å². The molecular weight excluding hydrogens is 222 g/mol. The summed E-state index contributed by atoms with van der Waals surface area (Å²) in [5, 5.41) is 3.46. The Morgan fingerprint density at radius 3 is 2.83 bits per heavy atom. The van der Waals surface area contributed by atoms with Crippen LogP contribution >= 0.6 is 15.9 Å². The fraction of sp³-hybridized carbons (Fsp3) is 0.143. The molecule has 0 radical (unpaired) electrons. The van der Waals surface area contributed by atoms with Crippen LogP contribution in [0.1, 0.15) is 0 Å². The average Bonchev–Trinajstić information content (AvgIpc) is 2.09. The molecule has 0 fully saturated rings. The van der Waals surface area contributed by atoms with E-state index in [0.29, 0.717) is 5.69 Å². The summed E-state index contributed by atoms with van der Waals surface area (Å²) < 4.78 is 5.69. The molecule has 0 atom stereocenters. The van der Waals surface area contributed by atoms with E-state index in [-0.39, 0.29) is 0 Å². The maximum atomic E-state index is 8.18. The molecule has 0 aliphatic rings. The predicted octanol–water partition coefficient (Wildman–Crippen LogP) is 3.40. The summed E-state index contributed by atoms with van der Waals surface area (Å²) in [6.45, 7) is 0. The van der Waals surface area contributed by atoms with Gasteiger partial charge in [0.05, 0.1) is 12.8 Å². The molecule has 0 unspecified atom stereocenters. The number of halogens is 1. The molecule has 0 amide bonds. The van der Waals surface area contributed by atoms with E-state index in [9.17, 15) is 0 Å². The Labute approximate surface area is 77.9 Å². The molecule has 1 rings (SSSR count). The lowest BCUT2D eigenvalue weighted by atomic mass is 10.3. The van der Waals surface area contributed by atoms with Crippen LogP contribution in [0.25, 0.3) is 10.4 Å². The zero-order valence-electron chi connectivity index (χ0n) is 6.36. The molecule has 62 valence electrons. The zero-order chi connectivity index (χ0) is 8.97. The average molecular weight is 228 g/mol. The molecule has 0 heterocycles. The van der Waals surface area contributed by atoms with Crippen molar-refractivity contribution >= 4 is 21.6 Å². The van der Waals surface area contributed by atoms with Crippen LogP contribution in [-0.4, -0.2) is 7.11 Å². The van der Waals surface area contributed by atoms with Crippen LogP contribution in [0.15, 0.2) is 27.8 Å². The van der Waals surface area contributed by atoms with Gasteiger partial charge in [-0.05, 0) is 23.7 Å². The van der Waals surface area contributed by atoms with Gasteiger partial charge in [-0.15, -0.1) is 0 Å². The molecule has 12 heavy (non-hydrogen) atoms. The highest BCUT2D eigenvalue weighted by atomic mass is 79.9. The quantitative estimate of drug-likeness (QED) is 0.434. The Kier molecular flexibility index (Phi) is 2.96. The van der Waals surface area contributed by atoms with Crippen molar-refractivity contribution in [3.8, 4) is 5.75 Å². The lowest BCUT2D eigenvalue weighted by Gasteiger charge is -2.01. The molecule has 1 aromatic carbocycles. The third-order valence-corrected chi connectivity index (χ3v) is 1.94. The summed E-state index contributed by atoms with van der Waals surface area (Å²) in [6, 6.07) is 5.15. The number of ether oxygens (including phenoxy) is 1. The number of rotatable bonds is 2. The number of benzene rings is 1. The highest BCUT2D eigenvalue weighted by Crippen LogP contribution is 2.29. The minimum atomic E-state index is 0.554. The second-order valence-electron chi connectivity index (χ2n) is 2.01. The fourth-order valence-corrected chi connectivity index (χ4v) is 1.18. The van der Waals surface area contributed by atoms with Crippen molar-refractivity contribution in [2.45, 2.75) is 0 Å². The van der Waals surface area contributed by atoms with Gasteiger partial charge in [0.25, 0.3) is 0 Å². The summed E-state index contributed by atoms with van der Waals surface area (Å²) in [4.78, 5) is 2.68. The molecule has 0 N–H and O–H groups in total. The van der Waals surface area contributed by atoms with Gasteiger partial charge in [-0.2, -0.15) is 0 Å². The van der Waals surface area contributed by atoms with Crippen LogP contribution < -0.4 is 4.74 Å². The first-order chi connectivity index (χ1) is 5.77. The summed E-state index contributed by atoms with van der Waals surface area (Å²) in [7, 11) is 1.58. The summed E-state index contributed by atoms with van der Waals surface area (Å²) in [5.74, 6) is 0.721. The largest absolute Gasteiger partial charge is 0.497 e. The number of nitrogens with zero attached hydrogens (tertiary/aromatic N) is 3. The van der Waals surface area contributed by atoms with Crippen LogP contribution in [0.5, 0.6) is 5.75 Å². The topological polar surface area (TPSA) is 58.0 Å². The second-order valence-corrected chi connectivity index (χ2v) is 2.86. The maximum Gasteiger partial charge on any atom is 0.120 e. The predicted molar refractivity (Wildman–Crippen MR) is 49.5 cm³/mol. The van der Waals surface area contributed by atoms with Gasteiger partial charge in [0, 0.05) is 9.38 Å². The first-order valence-corrected chi connectivity index (χ1v) is 3.96. The molecule has 0 spiro atoms. The third kappa shape index (κ3) is 1.90. The van der Waals surface area contributed by atoms with Crippen molar-refractivity contribution in [1.29, 1.82) is 0 Å². The van der Waals surface area contributed by atoms with Gasteiger partial charge >= 0.3 is 0 Å². The van der Waals surface area contributed by atoms with Gasteiger partial charge in [-0.3, -0.25) is 0 Å². The molecule has 0 aliphatic heterocycles. The number of methoxy groups -OCH3 is 1. The van der Waals surface area contributed by atoms with Crippen molar-refractivity contribution in [3.63, 3.8) is 0 Å². The van der Waals surface area contributed by atoms with Gasteiger partial charge < -0.3 is 4.74 Å². The molecule has 0 saturated carbocycles. The lowest BCUT2D eigenvalue weighted by molar-refractivity contribution is 0.414. The smallest absolute Gasteiger partial charge is 0.120 e. The van der Waals surface area contributed by atoms with Crippen LogP contribution in [0.4, 0.5) is 5.69 Å². The maximum absolute atomic E-state index is 8.18. The van der Waals surface area contributed by atoms with Crippen molar-refractivity contribution in [2.24, 2.45) is 5.11 Å². The van der Waals surface area contributed by atoms with Crippen LogP contribution in [0.3, 0.4) is 0 Å². The van der Waals surface area contributed by atoms with Crippen LogP contribution in [0, 0.1) is 0 Å². The Balaban J connectivity index is 3.11. The molecule has 0 aliphatic carbocycles. The van der Waals surface area contributed by atoms with Gasteiger partial charge in [0.2, 0.25) is 0 Å². The van der Waals surface area contributed by atoms with E-state index in [0.717, 1.165) is 10.2 Å². The first-order valence-electron chi connectivity index (χ1n) is 3.16. The zero-order valence-corrected chi connectivity index (χ0v) is 7.95. The number of hydrogen-bond donors (Lipinski definition) is 0. The first kappa shape index (κ1) is 8.90. The third-order valence-electron chi connectivity index (χ3n) is 1.31. The van der Waals surface area contributed by atoms with Crippen LogP contribution in [-0.2, 0) is 0 Å². The standard InChI is InChI=1S/C7H6BrN3O/c1-12-5-2-3-7(10-11-9)6(8)4-5/h2-4H,1H3. The van der Waals surface area contributed by atoms with Crippen molar-refractivity contribution in [1.82, 2.24) is 0 Å². The van der Waals surface area contributed by atoms with Crippen molar-refractivity contribution in [2.75, 3.05) is 7.11 Å². The molecule has 5 heteroatoms. The lowest BCUT2D eigenvalue weighted by Crippen LogP contribution is -1.80. The molecule has 0 bridgehead atoms. The highest BCUT2D eigenvalue weighted by molar-refractivity contribution is 9.10. The van der Waals surface area contributed by atoms with E-state index in [2.05, 4.69) is 26.0 Å². The van der Waals surface area contributed by atoms with E-state index in [1.807, 2.05) is 0 Å². The SMILES string of the molecule is COc1ccc(N=[N+]=[N-])c(Br)c1. The minimum absolute atomic E-state index is 0.554. The number of azide groups is 1. The van der Waals surface area contributed by atoms with E-state index in [4.69, 9.17) is 10.3 Å². The van der Waals surface area contributed by atoms with Crippen molar-refractivity contribution in [3.05, 3.63) is 33.1 Å². The minimum Gasteiger partial charge on any atom is -0.497 e. The molecule has 0 aromatic heterocycles. The van der Waals surface area contributed by atoms with Gasteiger partial charge in [-0.25, -0.2) is 0 Å². The second kappa shape index (κ2) is 3.99. The fourth-order valence-electron chi connectivity index (χ4n) is 0.744. The van der Waals surface area contributed by atoms with Gasteiger partial charge in [0.1, 0.15) is 5.75 Å². The molecule has 0 saturated heterocycles. The number of hydrogen-bond acceptors (Lipinski definition) is 2. The van der Waals surface area contributed by atoms with E-state index in [1.54, 1.807) is 25.3 Å². The Hall–Kier alpha value is -1.19. The van der Waals surface area contributed by atoms with E-state index < -0.39 is 0 Å². The van der Waals surface area contributed by atoms with E-state index in [1.165, 1.54) is 0 Å². The Bertz CT molecular complexity index is 333. The highest BCUT2D eigenvalue weighted by Gasteiger charge is 1.98. The monoisotopic (exact) mass is 227 g/mol. The molecule has 4 nitrogen and oxygen atoms in total. The summed E-state index contributed by atoms with van der Waals surface area (Å²) >= 11 is 3.24. The normalized spacial score (nSPS) is 8.83. The molecular formula is C7H6BrN3O. The molecule has 1 aromatic rings. The summed E-state index contributed by atoms with van der Waals surface area (Å²) in [5.41, 5.74) is 8.73. The van der Waals surface area contributed by atoms with Crippen LogP contribution in [0.2, 0.25) is 0 Å². The van der Waals surface area contributed by atoms with Gasteiger partial charge in [-0.1, -0.05) is 21.0 Å². The summed E-state index contributed by atoms with van der Waals surface area (Å²) in [6.07, 6.45) is 0. The van der Waals surface area contributed by atoms with Crippen molar-refractivity contribution < 1.29 is 4.74 Å². The Morgan fingerprint density at radius 1 is 1.58 bits per heavy atom. The van der Waals surface area contributed by atoms with E-state index >= 15 is 0 Å². The Morgan fingerprint density at radius 2 is 2.33 bits per heavy atom.